The minimum Gasteiger partial charge on any atom is -0.504 e. The predicted octanol–water partition coefficient (Wildman–Crippen LogP) is 2.11. The first-order valence-electron chi connectivity index (χ1n) is 4.92. The maximum atomic E-state index is 9.31. The van der Waals surface area contributed by atoms with Crippen LogP contribution in [0.25, 0.3) is 6.08 Å². The fraction of sp³-hybridized carbons (Fsp3) is 0.333. The summed E-state index contributed by atoms with van der Waals surface area (Å²) >= 11 is 0. The van der Waals surface area contributed by atoms with Crippen LogP contribution in [0.3, 0.4) is 0 Å². The Morgan fingerprint density at radius 1 is 1.33 bits per heavy atom. The van der Waals surface area contributed by atoms with E-state index in [4.69, 9.17) is 5.11 Å². The van der Waals surface area contributed by atoms with Crippen LogP contribution < -0.4 is 5.32 Å². The van der Waals surface area contributed by atoms with E-state index >= 15 is 0 Å². The third kappa shape index (κ3) is 2.99. The molecule has 3 N–H and O–H groups in total. The van der Waals surface area contributed by atoms with Crippen molar-refractivity contribution in [3.63, 3.8) is 0 Å². The molecule has 1 aromatic carbocycles. The van der Waals surface area contributed by atoms with Crippen molar-refractivity contribution >= 4 is 6.08 Å². The van der Waals surface area contributed by atoms with Gasteiger partial charge in [0.05, 0.1) is 0 Å². The molecular formula is C12H17NO2. The van der Waals surface area contributed by atoms with Crippen molar-refractivity contribution in [2.24, 2.45) is 0 Å². The molecule has 82 valence electrons. The van der Waals surface area contributed by atoms with E-state index in [2.05, 4.69) is 12.2 Å². The lowest BCUT2D eigenvalue weighted by Gasteiger charge is -2.10. The van der Waals surface area contributed by atoms with E-state index in [0.29, 0.717) is 6.04 Å². The van der Waals surface area contributed by atoms with Gasteiger partial charge in [0.25, 0.3) is 0 Å². The van der Waals surface area contributed by atoms with Crippen LogP contribution in [-0.2, 0) is 0 Å². The van der Waals surface area contributed by atoms with E-state index < -0.39 is 0 Å². The van der Waals surface area contributed by atoms with Crippen molar-refractivity contribution < 1.29 is 10.2 Å². The number of benzene rings is 1. The number of phenolic OH excluding ortho intramolecular Hbond substituents is 2. The normalized spacial score (nSPS) is 13.9. The molecule has 0 radical (unpaired) electrons. The number of nitrogens with one attached hydrogen (secondary N) is 1. The molecule has 3 nitrogen and oxygen atoms in total. The monoisotopic (exact) mass is 207 g/mol. The summed E-state index contributed by atoms with van der Waals surface area (Å²) in [6.07, 6.45) is 1.97. The number of phenols is 2. The summed E-state index contributed by atoms with van der Waals surface area (Å²) in [5.41, 5.74) is 2.05. The lowest BCUT2D eigenvalue weighted by molar-refractivity contribution is 0.403. The van der Waals surface area contributed by atoms with Crippen LogP contribution in [-0.4, -0.2) is 23.3 Å². The second-order valence-corrected chi connectivity index (χ2v) is 3.65. The molecule has 0 saturated heterocycles. The molecule has 0 aromatic heterocycles. The van der Waals surface area contributed by atoms with Gasteiger partial charge in [-0.05, 0) is 38.6 Å². The van der Waals surface area contributed by atoms with E-state index in [-0.39, 0.29) is 11.5 Å². The Balaban J connectivity index is 2.93. The van der Waals surface area contributed by atoms with E-state index in [1.165, 1.54) is 11.6 Å². The zero-order chi connectivity index (χ0) is 11.4. The third-order valence-corrected chi connectivity index (χ3v) is 2.51. The van der Waals surface area contributed by atoms with E-state index in [1.807, 2.05) is 20.0 Å². The fourth-order valence-electron chi connectivity index (χ4n) is 1.25. The fourth-order valence-corrected chi connectivity index (χ4v) is 1.25. The van der Waals surface area contributed by atoms with Crippen LogP contribution in [0.15, 0.2) is 23.8 Å². The second kappa shape index (κ2) is 4.84. The van der Waals surface area contributed by atoms with Gasteiger partial charge in [0, 0.05) is 6.04 Å². The van der Waals surface area contributed by atoms with Crippen molar-refractivity contribution in [2.75, 3.05) is 7.05 Å². The molecule has 0 aliphatic rings. The van der Waals surface area contributed by atoms with Gasteiger partial charge in [-0.15, -0.1) is 0 Å². The SMILES string of the molecule is CNC(C)/C(C)=C/c1ccc(O)c(O)c1. The number of hydrogen-bond acceptors (Lipinski definition) is 3. The van der Waals surface area contributed by atoms with Crippen molar-refractivity contribution in [1.29, 1.82) is 0 Å². The quantitative estimate of drug-likeness (QED) is 0.665. The smallest absolute Gasteiger partial charge is 0.157 e. The van der Waals surface area contributed by atoms with E-state index in [1.54, 1.807) is 12.1 Å². The summed E-state index contributed by atoms with van der Waals surface area (Å²) in [6.45, 7) is 4.08. The van der Waals surface area contributed by atoms with Crippen molar-refractivity contribution in [2.45, 2.75) is 19.9 Å². The summed E-state index contributed by atoms with van der Waals surface area (Å²) in [5, 5.41) is 21.6. The molecular weight excluding hydrogens is 190 g/mol. The van der Waals surface area contributed by atoms with Crippen LogP contribution in [0.4, 0.5) is 0 Å². The summed E-state index contributed by atoms with van der Waals surface area (Å²) in [6, 6.07) is 5.08. The Bertz CT molecular complexity index is 372. The van der Waals surface area contributed by atoms with Crippen molar-refractivity contribution in [1.82, 2.24) is 5.32 Å². The predicted molar refractivity (Wildman–Crippen MR) is 61.9 cm³/mol. The topological polar surface area (TPSA) is 52.5 Å². The van der Waals surface area contributed by atoms with Crippen LogP contribution in [0.1, 0.15) is 19.4 Å². The molecule has 0 saturated carbocycles. The van der Waals surface area contributed by atoms with E-state index in [0.717, 1.165) is 5.56 Å². The molecule has 0 amide bonds. The molecule has 0 heterocycles. The van der Waals surface area contributed by atoms with Crippen molar-refractivity contribution in [3.05, 3.63) is 29.3 Å². The lowest BCUT2D eigenvalue weighted by Crippen LogP contribution is -2.21. The molecule has 0 bridgehead atoms. The molecule has 0 spiro atoms. The minimum absolute atomic E-state index is 0.0892. The molecule has 1 atom stereocenters. The van der Waals surface area contributed by atoms with Crippen LogP contribution in [0, 0.1) is 0 Å². The van der Waals surface area contributed by atoms with Gasteiger partial charge in [-0.1, -0.05) is 17.7 Å². The highest BCUT2D eigenvalue weighted by Gasteiger charge is 2.02. The molecule has 1 unspecified atom stereocenters. The third-order valence-electron chi connectivity index (χ3n) is 2.51. The van der Waals surface area contributed by atoms with Crippen LogP contribution >= 0.6 is 0 Å². The Labute approximate surface area is 90.1 Å². The first-order chi connectivity index (χ1) is 7.04. The van der Waals surface area contributed by atoms with Crippen LogP contribution in [0.2, 0.25) is 0 Å². The number of hydrogen-bond donors (Lipinski definition) is 3. The Morgan fingerprint density at radius 2 is 2.00 bits per heavy atom. The maximum absolute atomic E-state index is 9.31. The van der Waals surface area contributed by atoms with Gasteiger partial charge in [0.15, 0.2) is 11.5 Å². The van der Waals surface area contributed by atoms with Gasteiger partial charge in [-0.2, -0.15) is 0 Å². The second-order valence-electron chi connectivity index (χ2n) is 3.65. The summed E-state index contributed by atoms with van der Waals surface area (Å²) in [5.74, 6) is -0.180. The number of rotatable bonds is 3. The molecule has 1 rings (SSSR count). The summed E-state index contributed by atoms with van der Waals surface area (Å²) in [4.78, 5) is 0. The van der Waals surface area contributed by atoms with Gasteiger partial charge < -0.3 is 15.5 Å². The highest BCUT2D eigenvalue weighted by Crippen LogP contribution is 2.26. The lowest BCUT2D eigenvalue weighted by atomic mass is 10.1. The molecule has 0 fully saturated rings. The molecule has 15 heavy (non-hydrogen) atoms. The van der Waals surface area contributed by atoms with Crippen molar-refractivity contribution in [3.8, 4) is 11.5 Å². The average Bonchev–Trinajstić information content (AvgIpc) is 2.22. The first-order valence-corrected chi connectivity index (χ1v) is 4.92. The molecule has 1 aromatic rings. The van der Waals surface area contributed by atoms with E-state index in [9.17, 15) is 5.11 Å². The standard InChI is InChI=1S/C12H17NO2/c1-8(9(2)13-3)6-10-4-5-11(14)12(15)7-10/h4-7,9,13-15H,1-3H3/b8-6+. The number of aromatic hydroxyl groups is 2. The highest BCUT2D eigenvalue weighted by molar-refractivity contribution is 5.57. The van der Waals surface area contributed by atoms with Gasteiger partial charge in [0.1, 0.15) is 0 Å². The number of likely N-dealkylation sites (N-methyl/N-ethyl adjacent to an activating group) is 1. The Hall–Kier alpha value is -1.48. The Morgan fingerprint density at radius 3 is 2.53 bits per heavy atom. The van der Waals surface area contributed by atoms with Gasteiger partial charge in [-0.3, -0.25) is 0 Å². The molecule has 3 heteroatoms. The maximum Gasteiger partial charge on any atom is 0.157 e. The van der Waals surface area contributed by atoms with Gasteiger partial charge in [0.2, 0.25) is 0 Å². The zero-order valence-electron chi connectivity index (χ0n) is 9.28. The zero-order valence-corrected chi connectivity index (χ0v) is 9.28. The average molecular weight is 207 g/mol. The van der Waals surface area contributed by atoms with Crippen LogP contribution in [0.5, 0.6) is 11.5 Å². The largest absolute Gasteiger partial charge is 0.504 e. The Kier molecular flexibility index (Phi) is 3.74. The minimum atomic E-state index is -0.0912. The first kappa shape index (κ1) is 11.6. The van der Waals surface area contributed by atoms with Gasteiger partial charge in [-0.25, -0.2) is 0 Å². The summed E-state index contributed by atoms with van der Waals surface area (Å²) in [7, 11) is 1.90. The highest BCUT2D eigenvalue weighted by atomic mass is 16.3. The molecule has 0 aliphatic carbocycles. The summed E-state index contributed by atoms with van der Waals surface area (Å²) < 4.78 is 0. The van der Waals surface area contributed by atoms with Gasteiger partial charge >= 0.3 is 0 Å². The molecule has 0 aliphatic heterocycles.